The van der Waals surface area contributed by atoms with E-state index in [4.69, 9.17) is 0 Å². The molecule has 0 bridgehead atoms. The Balaban J connectivity index is 1.37. The highest BCUT2D eigenvalue weighted by molar-refractivity contribution is 8.00. The molecule has 0 saturated carbocycles. The molecule has 1 aromatic carbocycles. The van der Waals surface area contributed by atoms with Crippen molar-refractivity contribution in [3.05, 3.63) is 62.9 Å². The molecule has 0 atom stereocenters. The van der Waals surface area contributed by atoms with E-state index < -0.39 is 0 Å². The van der Waals surface area contributed by atoms with Gasteiger partial charge in [-0.05, 0) is 62.0 Å². The number of thioether (sulfide) groups is 1. The fraction of sp³-hybridized carbons (Fsp3) is 0.182. The number of carbonyl (C=O) groups is 2. The maximum Gasteiger partial charge on any atom is 0.265 e. The molecule has 4 aromatic rings. The van der Waals surface area contributed by atoms with Crippen molar-refractivity contribution in [2.45, 2.75) is 25.8 Å². The number of nitrogens with one attached hydrogen (secondary N) is 2. The van der Waals surface area contributed by atoms with Crippen LogP contribution in [0.15, 0.2) is 46.8 Å². The molecule has 9 heteroatoms. The number of nitrogens with zero attached hydrogens (tertiary/aromatic N) is 2. The number of hydrogen-bond donors (Lipinski definition) is 2. The number of aryl methyl sites for hydroxylation is 3. The van der Waals surface area contributed by atoms with Gasteiger partial charge in [0, 0.05) is 21.6 Å². The Hall–Kier alpha value is -2.75. The maximum absolute atomic E-state index is 12.5. The lowest BCUT2D eigenvalue weighted by molar-refractivity contribution is -0.113. The molecule has 158 valence electrons. The summed E-state index contributed by atoms with van der Waals surface area (Å²) in [6.45, 7) is 6.01. The van der Waals surface area contributed by atoms with E-state index in [0.717, 1.165) is 15.2 Å². The standard InChI is InChI=1S/C22H20N4O2S3/c1-12-13(2)31-22-19(12)21(23-14(3)24-22)30-11-18(27)25-15-6-8-16(9-7-15)26-20(28)17-5-4-10-29-17/h4-10H,11H2,1-3H3,(H,25,27)(H,26,28). The van der Waals surface area contributed by atoms with Crippen LogP contribution in [0.3, 0.4) is 0 Å². The van der Waals surface area contributed by atoms with Crippen LogP contribution in [0.2, 0.25) is 0 Å². The van der Waals surface area contributed by atoms with Crippen LogP contribution in [-0.4, -0.2) is 27.5 Å². The second kappa shape index (κ2) is 9.17. The minimum Gasteiger partial charge on any atom is -0.325 e. The van der Waals surface area contributed by atoms with Gasteiger partial charge in [-0.15, -0.1) is 22.7 Å². The van der Waals surface area contributed by atoms with Crippen LogP contribution in [-0.2, 0) is 4.79 Å². The van der Waals surface area contributed by atoms with Gasteiger partial charge in [0.2, 0.25) is 5.91 Å². The number of aromatic nitrogens is 2. The summed E-state index contributed by atoms with van der Waals surface area (Å²) in [5, 5.41) is 9.47. The first kappa shape index (κ1) is 21.5. The van der Waals surface area contributed by atoms with E-state index in [-0.39, 0.29) is 17.6 Å². The number of carbonyl (C=O) groups excluding carboxylic acids is 2. The van der Waals surface area contributed by atoms with Gasteiger partial charge in [-0.1, -0.05) is 17.8 Å². The molecule has 0 aliphatic carbocycles. The van der Waals surface area contributed by atoms with Crippen molar-refractivity contribution in [1.29, 1.82) is 0 Å². The molecular formula is C22H20N4O2S3. The second-order valence-corrected chi connectivity index (χ2v) is 10.00. The van der Waals surface area contributed by atoms with Gasteiger partial charge in [-0.2, -0.15) is 0 Å². The van der Waals surface area contributed by atoms with Gasteiger partial charge >= 0.3 is 0 Å². The van der Waals surface area contributed by atoms with Crippen LogP contribution in [0.5, 0.6) is 0 Å². The van der Waals surface area contributed by atoms with Gasteiger partial charge in [0.1, 0.15) is 15.7 Å². The molecule has 4 rings (SSSR count). The first-order valence-corrected chi connectivity index (χ1v) is 12.2. The molecule has 0 spiro atoms. The topological polar surface area (TPSA) is 84.0 Å². The lowest BCUT2D eigenvalue weighted by atomic mass is 10.2. The summed E-state index contributed by atoms with van der Waals surface area (Å²) in [5.74, 6) is 0.691. The third kappa shape index (κ3) is 4.95. The average molecular weight is 469 g/mol. The molecule has 0 aliphatic rings. The Labute approximate surface area is 192 Å². The van der Waals surface area contributed by atoms with E-state index >= 15 is 0 Å². The molecule has 0 saturated heterocycles. The third-order valence-electron chi connectivity index (χ3n) is 4.62. The maximum atomic E-state index is 12.5. The zero-order valence-corrected chi connectivity index (χ0v) is 19.6. The van der Waals surface area contributed by atoms with E-state index in [1.165, 1.54) is 33.5 Å². The van der Waals surface area contributed by atoms with Gasteiger partial charge < -0.3 is 10.6 Å². The van der Waals surface area contributed by atoms with Gasteiger partial charge in [0.15, 0.2) is 0 Å². The van der Waals surface area contributed by atoms with Crippen molar-refractivity contribution in [2.75, 3.05) is 16.4 Å². The van der Waals surface area contributed by atoms with Crippen LogP contribution >= 0.6 is 34.4 Å². The van der Waals surface area contributed by atoms with Crippen molar-refractivity contribution < 1.29 is 9.59 Å². The van der Waals surface area contributed by atoms with E-state index in [0.29, 0.717) is 22.1 Å². The second-order valence-electron chi connectivity index (χ2n) is 6.89. The molecule has 6 nitrogen and oxygen atoms in total. The van der Waals surface area contributed by atoms with E-state index in [1.54, 1.807) is 41.7 Å². The highest BCUT2D eigenvalue weighted by atomic mass is 32.2. The highest BCUT2D eigenvalue weighted by Gasteiger charge is 2.15. The summed E-state index contributed by atoms with van der Waals surface area (Å²) in [7, 11) is 0. The SMILES string of the molecule is Cc1nc(SCC(=O)Nc2ccc(NC(=O)c3cccs3)cc2)c2c(C)c(C)sc2n1. The molecule has 0 fully saturated rings. The van der Waals surface area contributed by atoms with Crippen LogP contribution in [0, 0.1) is 20.8 Å². The van der Waals surface area contributed by atoms with Crippen molar-refractivity contribution in [3.8, 4) is 0 Å². The Kier molecular flexibility index (Phi) is 6.35. The number of anilines is 2. The van der Waals surface area contributed by atoms with E-state index in [9.17, 15) is 9.59 Å². The van der Waals surface area contributed by atoms with Crippen LogP contribution in [0.25, 0.3) is 10.2 Å². The molecule has 0 radical (unpaired) electrons. The molecule has 31 heavy (non-hydrogen) atoms. The fourth-order valence-corrected chi connectivity index (χ4v) is 5.68. The predicted octanol–water partition coefficient (Wildman–Crippen LogP) is 5.66. The Morgan fingerprint density at radius 3 is 2.39 bits per heavy atom. The van der Waals surface area contributed by atoms with Crippen LogP contribution in [0.1, 0.15) is 25.9 Å². The molecule has 2 N–H and O–H groups in total. The minimum atomic E-state index is -0.145. The summed E-state index contributed by atoms with van der Waals surface area (Å²) in [6, 6.07) is 10.7. The summed E-state index contributed by atoms with van der Waals surface area (Å²) < 4.78 is 0. The summed E-state index contributed by atoms with van der Waals surface area (Å²) in [4.78, 5) is 36.5. The van der Waals surface area contributed by atoms with Gasteiger partial charge in [-0.3, -0.25) is 9.59 Å². The van der Waals surface area contributed by atoms with Gasteiger partial charge in [-0.25, -0.2) is 9.97 Å². The summed E-state index contributed by atoms with van der Waals surface area (Å²) in [6.07, 6.45) is 0. The normalized spacial score (nSPS) is 10.9. The van der Waals surface area contributed by atoms with E-state index in [1.807, 2.05) is 18.4 Å². The largest absolute Gasteiger partial charge is 0.325 e. The minimum absolute atomic E-state index is 0.116. The number of hydrogen-bond acceptors (Lipinski definition) is 7. The molecule has 3 aromatic heterocycles. The lowest BCUT2D eigenvalue weighted by Gasteiger charge is -2.08. The summed E-state index contributed by atoms with van der Waals surface area (Å²) >= 11 is 4.46. The molecular weight excluding hydrogens is 448 g/mol. The quantitative estimate of drug-likeness (QED) is 0.282. The lowest BCUT2D eigenvalue weighted by Crippen LogP contribution is -2.14. The van der Waals surface area contributed by atoms with E-state index in [2.05, 4.69) is 34.4 Å². The number of thiophene rings is 2. The Morgan fingerprint density at radius 2 is 1.71 bits per heavy atom. The van der Waals surface area contributed by atoms with Crippen molar-refractivity contribution >= 4 is 67.8 Å². The van der Waals surface area contributed by atoms with Crippen LogP contribution < -0.4 is 10.6 Å². The monoisotopic (exact) mass is 468 g/mol. The van der Waals surface area contributed by atoms with Crippen molar-refractivity contribution in [1.82, 2.24) is 9.97 Å². The van der Waals surface area contributed by atoms with Crippen molar-refractivity contribution in [2.24, 2.45) is 0 Å². The highest BCUT2D eigenvalue weighted by Crippen LogP contribution is 2.35. The smallest absolute Gasteiger partial charge is 0.265 e. The number of amides is 2. The Morgan fingerprint density at radius 1 is 1.00 bits per heavy atom. The third-order valence-corrected chi connectivity index (χ3v) is 7.56. The molecule has 0 unspecified atom stereocenters. The van der Waals surface area contributed by atoms with Gasteiger partial charge in [0.25, 0.3) is 5.91 Å². The fourth-order valence-electron chi connectivity index (χ4n) is 2.99. The van der Waals surface area contributed by atoms with Crippen molar-refractivity contribution in [3.63, 3.8) is 0 Å². The van der Waals surface area contributed by atoms with Gasteiger partial charge in [0.05, 0.1) is 10.6 Å². The first-order chi connectivity index (χ1) is 14.9. The predicted molar refractivity (Wildman–Crippen MR) is 130 cm³/mol. The zero-order chi connectivity index (χ0) is 22.0. The Bertz CT molecular complexity index is 1250. The summed E-state index contributed by atoms with van der Waals surface area (Å²) in [5.41, 5.74) is 2.52. The molecule has 0 aliphatic heterocycles. The zero-order valence-electron chi connectivity index (χ0n) is 17.2. The average Bonchev–Trinajstić information content (AvgIpc) is 3.36. The van der Waals surface area contributed by atoms with Crippen LogP contribution in [0.4, 0.5) is 11.4 Å². The molecule has 2 amide bonds. The number of benzene rings is 1. The number of fused-ring (bicyclic) bond motifs is 1. The first-order valence-electron chi connectivity index (χ1n) is 9.52. The number of rotatable bonds is 6. The molecule has 3 heterocycles.